The number of halogens is 1. The normalized spacial score (nSPS) is 14.4. The number of carbonyl (C=O) groups excluding carboxylic acids is 1. The average Bonchev–Trinajstić information content (AvgIpc) is 3.11. The molecule has 6 nitrogen and oxygen atoms in total. The van der Waals surface area contributed by atoms with Crippen LogP contribution in [0, 0.1) is 0 Å². The van der Waals surface area contributed by atoms with Crippen molar-refractivity contribution in [3.63, 3.8) is 0 Å². The Kier molecular flexibility index (Phi) is 5.25. The summed E-state index contributed by atoms with van der Waals surface area (Å²) < 4.78 is 6.06. The van der Waals surface area contributed by atoms with Gasteiger partial charge in [0, 0.05) is 34.5 Å². The van der Waals surface area contributed by atoms with Crippen LogP contribution in [0.15, 0.2) is 63.8 Å². The van der Waals surface area contributed by atoms with Crippen molar-refractivity contribution in [2.75, 3.05) is 5.32 Å². The quantitative estimate of drug-likeness (QED) is 0.604. The minimum Gasteiger partial charge on any atom is -0.478 e. The molecule has 2 N–H and O–H groups in total. The molecule has 1 aromatic heterocycles. The molecule has 4 rings (SSSR count). The summed E-state index contributed by atoms with van der Waals surface area (Å²) in [5.74, 6) is -1.26. The van der Waals surface area contributed by atoms with Crippen molar-refractivity contribution in [3.05, 3.63) is 86.7 Å². The molecule has 7 heteroatoms. The van der Waals surface area contributed by atoms with Gasteiger partial charge < -0.3 is 14.8 Å². The van der Waals surface area contributed by atoms with E-state index >= 15 is 0 Å². The molecular weight excluding hydrogens is 406 g/mol. The van der Waals surface area contributed by atoms with Crippen molar-refractivity contribution in [2.45, 2.75) is 12.8 Å². The largest absolute Gasteiger partial charge is 0.478 e. The summed E-state index contributed by atoms with van der Waals surface area (Å²) in [7, 11) is 0. The standard InChI is InChI=1S/C23H16ClNO5/c24-15-4-1-13(2-5-15)11-14-3-7-18-22(29)17-8-6-16(12-19(17)30-23(14)18)25-20(26)9-10-21(27)28/h1-2,4-6,8-12H,3,7H2,(H,25,26)(H,27,28)/b10-9-,14-11+. The number of carbonyl (C=O) groups is 2. The number of carboxylic acids is 1. The van der Waals surface area contributed by atoms with E-state index in [9.17, 15) is 14.4 Å². The summed E-state index contributed by atoms with van der Waals surface area (Å²) in [5.41, 5.74) is 3.18. The van der Waals surface area contributed by atoms with Gasteiger partial charge in [0.25, 0.3) is 0 Å². The number of fused-ring (bicyclic) bond motifs is 2. The van der Waals surface area contributed by atoms with Crippen LogP contribution in [0.3, 0.4) is 0 Å². The lowest BCUT2D eigenvalue weighted by Gasteiger charge is -2.07. The third kappa shape index (κ3) is 4.04. The number of anilines is 1. The fourth-order valence-electron chi connectivity index (χ4n) is 3.40. The number of aliphatic carboxylic acids is 1. The summed E-state index contributed by atoms with van der Waals surface area (Å²) in [6.07, 6.45) is 4.93. The molecule has 1 aliphatic carbocycles. The van der Waals surface area contributed by atoms with Crippen molar-refractivity contribution in [3.8, 4) is 0 Å². The maximum Gasteiger partial charge on any atom is 0.328 e. The highest BCUT2D eigenvalue weighted by Crippen LogP contribution is 2.34. The Balaban J connectivity index is 1.71. The molecule has 30 heavy (non-hydrogen) atoms. The first kappa shape index (κ1) is 19.7. The molecular formula is C23H16ClNO5. The van der Waals surface area contributed by atoms with Crippen LogP contribution in [0.4, 0.5) is 5.69 Å². The number of carboxylic acid groups (broad SMARTS) is 1. The van der Waals surface area contributed by atoms with Gasteiger partial charge in [-0.3, -0.25) is 9.59 Å². The predicted molar refractivity (Wildman–Crippen MR) is 116 cm³/mol. The van der Waals surface area contributed by atoms with Crippen LogP contribution in [0.1, 0.15) is 23.3 Å². The molecule has 0 atom stereocenters. The lowest BCUT2D eigenvalue weighted by molar-refractivity contribution is -0.131. The number of hydrogen-bond acceptors (Lipinski definition) is 4. The van der Waals surface area contributed by atoms with Crippen LogP contribution < -0.4 is 10.7 Å². The topological polar surface area (TPSA) is 96.6 Å². The molecule has 0 unspecified atom stereocenters. The first-order valence-corrected chi connectivity index (χ1v) is 9.57. The second-order valence-electron chi connectivity index (χ2n) is 6.83. The third-order valence-corrected chi connectivity index (χ3v) is 5.03. The van der Waals surface area contributed by atoms with Gasteiger partial charge in [0.2, 0.25) is 5.91 Å². The molecule has 0 saturated carbocycles. The maximum atomic E-state index is 12.9. The molecule has 0 fully saturated rings. The van der Waals surface area contributed by atoms with Gasteiger partial charge in [-0.25, -0.2) is 4.79 Å². The average molecular weight is 422 g/mol. The van der Waals surface area contributed by atoms with Gasteiger partial charge in [-0.05, 0) is 54.3 Å². The lowest BCUT2D eigenvalue weighted by atomic mass is 10.1. The molecule has 1 heterocycles. The molecule has 0 bridgehead atoms. The predicted octanol–water partition coefficient (Wildman–Crippen LogP) is 4.51. The van der Waals surface area contributed by atoms with Crippen molar-refractivity contribution >= 4 is 51.8 Å². The van der Waals surface area contributed by atoms with Crippen molar-refractivity contribution in [1.82, 2.24) is 0 Å². The molecule has 3 aromatic rings. The van der Waals surface area contributed by atoms with Crippen LogP contribution in [0.2, 0.25) is 5.02 Å². The number of hydrogen-bond donors (Lipinski definition) is 2. The number of amides is 1. The molecule has 1 amide bonds. The van der Waals surface area contributed by atoms with E-state index in [1.54, 1.807) is 30.3 Å². The SMILES string of the molecule is O=C(O)/C=C\C(=O)Nc1ccc2c(=O)c3c(oc2c1)/C(=C/c1ccc(Cl)cc1)CC3. The fraction of sp³-hybridized carbons (Fsp3) is 0.0870. The number of allylic oxidation sites excluding steroid dienone is 1. The van der Waals surface area contributed by atoms with Gasteiger partial charge in [-0.2, -0.15) is 0 Å². The Hall–Kier alpha value is -3.64. The molecule has 2 aromatic carbocycles. The molecule has 150 valence electrons. The summed E-state index contributed by atoms with van der Waals surface area (Å²) in [6.45, 7) is 0. The highest BCUT2D eigenvalue weighted by molar-refractivity contribution is 6.30. The zero-order valence-corrected chi connectivity index (χ0v) is 16.4. The van der Waals surface area contributed by atoms with Gasteiger partial charge in [-0.1, -0.05) is 23.7 Å². The van der Waals surface area contributed by atoms with Crippen LogP contribution in [-0.4, -0.2) is 17.0 Å². The van der Waals surface area contributed by atoms with Crippen molar-refractivity contribution in [1.29, 1.82) is 0 Å². The molecule has 0 saturated heterocycles. The first-order chi connectivity index (χ1) is 14.4. The van der Waals surface area contributed by atoms with Crippen LogP contribution in [0.5, 0.6) is 0 Å². The summed E-state index contributed by atoms with van der Waals surface area (Å²) in [4.78, 5) is 35.2. The van der Waals surface area contributed by atoms with E-state index in [1.165, 1.54) is 0 Å². The van der Waals surface area contributed by atoms with E-state index in [0.717, 1.165) is 23.3 Å². The number of rotatable bonds is 4. The number of nitrogens with one attached hydrogen (secondary N) is 1. The third-order valence-electron chi connectivity index (χ3n) is 4.78. The minimum absolute atomic E-state index is 0.0885. The highest BCUT2D eigenvalue weighted by Gasteiger charge is 2.24. The minimum atomic E-state index is -1.22. The smallest absolute Gasteiger partial charge is 0.328 e. The van der Waals surface area contributed by atoms with E-state index in [-0.39, 0.29) is 5.43 Å². The summed E-state index contributed by atoms with van der Waals surface area (Å²) >= 11 is 5.94. The maximum absolute atomic E-state index is 12.9. The Bertz CT molecular complexity index is 1290. The van der Waals surface area contributed by atoms with E-state index in [4.69, 9.17) is 21.1 Å². The zero-order chi connectivity index (χ0) is 21.3. The van der Waals surface area contributed by atoms with E-state index < -0.39 is 11.9 Å². The van der Waals surface area contributed by atoms with Crippen LogP contribution in [0.25, 0.3) is 22.6 Å². The second kappa shape index (κ2) is 8.00. The summed E-state index contributed by atoms with van der Waals surface area (Å²) in [5, 5.41) is 12.2. The lowest BCUT2D eigenvalue weighted by Crippen LogP contribution is -2.11. The van der Waals surface area contributed by atoms with E-state index in [1.807, 2.05) is 18.2 Å². The van der Waals surface area contributed by atoms with E-state index in [0.29, 0.717) is 45.8 Å². The van der Waals surface area contributed by atoms with Crippen LogP contribution >= 0.6 is 11.6 Å². The molecule has 0 spiro atoms. The molecule has 1 aliphatic rings. The highest BCUT2D eigenvalue weighted by atomic mass is 35.5. The first-order valence-electron chi connectivity index (χ1n) is 9.19. The monoisotopic (exact) mass is 421 g/mol. The van der Waals surface area contributed by atoms with Gasteiger partial charge >= 0.3 is 5.97 Å². The van der Waals surface area contributed by atoms with E-state index in [2.05, 4.69) is 5.32 Å². The Morgan fingerprint density at radius 1 is 1.07 bits per heavy atom. The van der Waals surface area contributed by atoms with Gasteiger partial charge in [0.1, 0.15) is 11.3 Å². The molecule has 0 radical (unpaired) electrons. The fourth-order valence-corrected chi connectivity index (χ4v) is 3.52. The van der Waals surface area contributed by atoms with Crippen molar-refractivity contribution < 1.29 is 19.1 Å². The Labute approximate surface area is 176 Å². The zero-order valence-electron chi connectivity index (χ0n) is 15.6. The summed E-state index contributed by atoms with van der Waals surface area (Å²) in [6, 6.07) is 12.1. The Morgan fingerprint density at radius 3 is 2.57 bits per heavy atom. The van der Waals surface area contributed by atoms with Crippen molar-refractivity contribution in [2.24, 2.45) is 0 Å². The van der Waals surface area contributed by atoms with Gasteiger partial charge in [0.15, 0.2) is 5.43 Å². The van der Waals surface area contributed by atoms with Gasteiger partial charge in [0.05, 0.1) is 5.39 Å². The number of benzene rings is 2. The Morgan fingerprint density at radius 2 is 1.83 bits per heavy atom. The second-order valence-corrected chi connectivity index (χ2v) is 7.27. The van der Waals surface area contributed by atoms with Crippen LogP contribution in [-0.2, 0) is 16.0 Å². The van der Waals surface area contributed by atoms with Gasteiger partial charge in [-0.15, -0.1) is 0 Å². The molecule has 0 aliphatic heterocycles.